The van der Waals surface area contributed by atoms with Crippen molar-refractivity contribution in [2.75, 3.05) is 17.7 Å². The molecule has 3 N–H and O–H groups in total. The van der Waals surface area contributed by atoms with Gasteiger partial charge in [-0.25, -0.2) is 0 Å². The van der Waals surface area contributed by atoms with Crippen LogP contribution in [0.2, 0.25) is 0 Å². The molecule has 3 aromatic rings. The molecule has 0 unspecified atom stereocenters. The van der Waals surface area contributed by atoms with Crippen LogP contribution in [0.25, 0.3) is 0 Å². The van der Waals surface area contributed by atoms with Gasteiger partial charge in [0.1, 0.15) is 0 Å². The number of nitrogens with zero attached hydrogens (tertiary/aromatic N) is 1. The summed E-state index contributed by atoms with van der Waals surface area (Å²) in [5, 5.41) is 8.00. The molecule has 0 aliphatic carbocycles. The predicted molar refractivity (Wildman–Crippen MR) is 106 cm³/mol. The first kappa shape index (κ1) is 18.8. The van der Waals surface area contributed by atoms with Gasteiger partial charge in [-0.3, -0.25) is 19.4 Å². The first-order valence-corrected chi connectivity index (χ1v) is 8.52. The molecule has 0 bridgehead atoms. The van der Waals surface area contributed by atoms with E-state index in [1.54, 1.807) is 66.9 Å². The predicted octanol–water partition coefficient (Wildman–Crippen LogP) is 2.95. The van der Waals surface area contributed by atoms with Crippen molar-refractivity contribution in [3.8, 4) is 0 Å². The molecule has 2 aromatic carbocycles. The molecule has 1 heterocycles. The molecule has 140 valence electrons. The molecule has 7 heteroatoms. The van der Waals surface area contributed by atoms with Gasteiger partial charge in [0.2, 0.25) is 0 Å². The van der Waals surface area contributed by atoms with Crippen molar-refractivity contribution in [3.63, 3.8) is 0 Å². The minimum atomic E-state index is -0.395. The first-order valence-electron chi connectivity index (χ1n) is 8.52. The lowest BCUT2D eigenvalue weighted by molar-refractivity contribution is 0.0963. The summed E-state index contributed by atoms with van der Waals surface area (Å²) >= 11 is 0. The Bertz CT molecular complexity index is 1020. The van der Waals surface area contributed by atoms with Gasteiger partial charge in [-0.1, -0.05) is 18.2 Å². The van der Waals surface area contributed by atoms with E-state index in [0.717, 1.165) is 0 Å². The molecule has 0 saturated heterocycles. The average molecular weight is 374 g/mol. The average Bonchev–Trinajstić information content (AvgIpc) is 2.74. The van der Waals surface area contributed by atoms with Crippen LogP contribution in [0.3, 0.4) is 0 Å². The van der Waals surface area contributed by atoms with Crippen LogP contribution in [0.4, 0.5) is 11.4 Å². The third-order valence-electron chi connectivity index (χ3n) is 3.95. The Morgan fingerprint density at radius 1 is 0.786 bits per heavy atom. The zero-order valence-corrected chi connectivity index (χ0v) is 15.1. The Morgan fingerprint density at radius 3 is 2.29 bits per heavy atom. The number of carbonyl (C=O) groups excluding carboxylic acids is 3. The largest absolute Gasteiger partial charge is 0.355 e. The van der Waals surface area contributed by atoms with Gasteiger partial charge >= 0.3 is 0 Å². The fourth-order valence-electron chi connectivity index (χ4n) is 2.56. The summed E-state index contributed by atoms with van der Waals surface area (Å²) in [6.07, 6.45) is 3.04. The van der Waals surface area contributed by atoms with Crippen LogP contribution < -0.4 is 16.0 Å². The van der Waals surface area contributed by atoms with E-state index in [4.69, 9.17) is 0 Å². The number of pyridine rings is 1. The van der Waals surface area contributed by atoms with Gasteiger partial charge in [0, 0.05) is 30.7 Å². The number of rotatable bonds is 5. The Morgan fingerprint density at radius 2 is 1.54 bits per heavy atom. The van der Waals surface area contributed by atoms with Crippen molar-refractivity contribution < 1.29 is 14.4 Å². The Kier molecular flexibility index (Phi) is 5.76. The van der Waals surface area contributed by atoms with Gasteiger partial charge in [0.15, 0.2) is 0 Å². The number of nitrogens with one attached hydrogen (secondary N) is 3. The van der Waals surface area contributed by atoms with Gasteiger partial charge in [-0.2, -0.15) is 0 Å². The van der Waals surface area contributed by atoms with Crippen LogP contribution in [-0.4, -0.2) is 29.8 Å². The topological polar surface area (TPSA) is 100 Å². The summed E-state index contributed by atoms with van der Waals surface area (Å²) in [5.41, 5.74) is 1.99. The van der Waals surface area contributed by atoms with E-state index in [2.05, 4.69) is 20.9 Å². The number of hydrogen-bond acceptors (Lipinski definition) is 4. The molecular weight excluding hydrogens is 356 g/mol. The second-order valence-electron chi connectivity index (χ2n) is 5.86. The monoisotopic (exact) mass is 374 g/mol. The number of carbonyl (C=O) groups is 3. The maximum atomic E-state index is 12.6. The zero-order valence-electron chi connectivity index (χ0n) is 15.1. The summed E-state index contributed by atoms with van der Waals surface area (Å²) in [5.74, 6) is -1.02. The van der Waals surface area contributed by atoms with Crippen molar-refractivity contribution in [2.45, 2.75) is 0 Å². The molecule has 0 saturated carbocycles. The summed E-state index contributed by atoms with van der Waals surface area (Å²) in [7, 11) is 1.52. The highest BCUT2D eigenvalue weighted by molar-refractivity contribution is 6.10. The number of amides is 3. The van der Waals surface area contributed by atoms with Gasteiger partial charge in [-0.15, -0.1) is 0 Å². The van der Waals surface area contributed by atoms with E-state index in [9.17, 15) is 14.4 Å². The number of para-hydroxylation sites is 1. The Hall–Kier alpha value is -4.00. The summed E-state index contributed by atoms with van der Waals surface area (Å²) in [6.45, 7) is 0. The van der Waals surface area contributed by atoms with Crippen LogP contribution in [0.1, 0.15) is 31.1 Å². The van der Waals surface area contributed by atoms with E-state index in [0.29, 0.717) is 28.1 Å². The quantitative estimate of drug-likeness (QED) is 0.639. The van der Waals surface area contributed by atoms with E-state index in [1.165, 1.54) is 13.2 Å². The second-order valence-corrected chi connectivity index (χ2v) is 5.86. The lowest BCUT2D eigenvalue weighted by atomic mass is 10.1. The van der Waals surface area contributed by atoms with Gasteiger partial charge < -0.3 is 16.0 Å². The fraction of sp³-hybridized carbons (Fsp3) is 0.0476. The van der Waals surface area contributed by atoms with Crippen LogP contribution in [-0.2, 0) is 0 Å². The summed E-state index contributed by atoms with van der Waals surface area (Å²) in [6, 6.07) is 16.6. The molecule has 1 aromatic heterocycles. The van der Waals surface area contributed by atoms with E-state index in [-0.39, 0.29) is 11.8 Å². The van der Waals surface area contributed by atoms with Crippen molar-refractivity contribution in [1.29, 1.82) is 0 Å². The molecule has 0 aliphatic rings. The Balaban J connectivity index is 1.76. The fourth-order valence-corrected chi connectivity index (χ4v) is 2.56. The highest BCUT2D eigenvalue weighted by Gasteiger charge is 2.14. The van der Waals surface area contributed by atoms with Crippen LogP contribution in [0, 0.1) is 0 Å². The maximum absolute atomic E-state index is 12.6. The van der Waals surface area contributed by atoms with E-state index >= 15 is 0 Å². The Labute approximate surface area is 161 Å². The number of hydrogen-bond donors (Lipinski definition) is 3. The molecule has 0 aliphatic heterocycles. The molecule has 3 amide bonds. The minimum absolute atomic E-state index is 0.298. The molecule has 0 atom stereocenters. The SMILES string of the molecule is CNC(=O)c1ccccc1NC(=O)c1cccc(NC(=O)c2cccnc2)c1. The second kappa shape index (κ2) is 8.59. The molecule has 0 fully saturated rings. The molecule has 3 rings (SSSR count). The number of benzene rings is 2. The van der Waals surface area contributed by atoms with Crippen molar-refractivity contribution in [3.05, 3.63) is 89.7 Å². The number of anilines is 2. The highest BCUT2D eigenvalue weighted by Crippen LogP contribution is 2.18. The van der Waals surface area contributed by atoms with Crippen LogP contribution in [0.5, 0.6) is 0 Å². The van der Waals surface area contributed by atoms with Gasteiger partial charge in [0.05, 0.1) is 16.8 Å². The zero-order chi connectivity index (χ0) is 19.9. The summed E-state index contributed by atoms with van der Waals surface area (Å²) in [4.78, 5) is 40.7. The minimum Gasteiger partial charge on any atom is -0.355 e. The molecule has 7 nitrogen and oxygen atoms in total. The lowest BCUT2D eigenvalue weighted by Crippen LogP contribution is -2.21. The van der Waals surface area contributed by atoms with Gasteiger partial charge in [0.25, 0.3) is 17.7 Å². The van der Waals surface area contributed by atoms with Crippen molar-refractivity contribution in [2.24, 2.45) is 0 Å². The first-order chi connectivity index (χ1) is 13.6. The van der Waals surface area contributed by atoms with Crippen LogP contribution in [0.15, 0.2) is 73.1 Å². The third kappa shape index (κ3) is 4.39. The third-order valence-corrected chi connectivity index (χ3v) is 3.95. The smallest absolute Gasteiger partial charge is 0.257 e. The van der Waals surface area contributed by atoms with Gasteiger partial charge in [-0.05, 0) is 42.5 Å². The molecule has 0 radical (unpaired) electrons. The lowest BCUT2D eigenvalue weighted by Gasteiger charge is -2.11. The molecular formula is C21H18N4O3. The van der Waals surface area contributed by atoms with Crippen molar-refractivity contribution >= 4 is 29.1 Å². The molecule has 0 spiro atoms. The number of aromatic nitrogens is 1. The van der Waals surface area contributed by atoms with Crippen LogP contribution >= 0.6 is 0 Å². The highest BCUT2D eigenvalue weighted by atomic mass is 16.2. The van der Waals surface area contributed by atoms with Crippen molar-refractivity contribution in [1.82, 2.24) is 10.3 Å². The molecule has 28 heavy (non-hydrogen) atoms. The van der Waals surface area contributed by atoms with E-state index in [1.807, 2.05) is 0 Å². The summed E-state index contributed by atoms with van der Waals surface area (Å²) < 4.78 is 0. The standard InChI is InChI=1S/C21H18N4O3/c1-22-21(28)17-9-2-3-10-18(17)25-19(26)14-6-4-8-16(12-14)24-20(27)15-7-5-11-23-13-15/h2-13H,1H3,(H,22,28)(H,24,27)(H,25,26). The van der Waals surface area contributed by atoms with E-state index < -0.39 is 5.91 Å². The normalized spacial score (nSPS) is 10.0. The maximum Gasteiger partial charge on any atom is 0.257 e.